The number of para-hydroxylation sites is 1. The molecule has 2 saturated heterocycles. The number of likely N-dealkylation sites (tertiary alicyclic amines) is 1. The van der Waals surface area contributed by atoms with Crippen molar-refractivity contribution in [1.29, 1.82) is 0 Å². The van der Waals surface area contributed by atoms with Crippen LogP contribution in [-0.2, 0) is 9.84 Å². The van der Waals surface area contributed by atoms with Crippen LogP contribution in [0.1, 0.15) is 6.42 Å². The Kier molecular flexibility index (Phi) is 5.93. The van der Waals surface area contributed by atoms with Crippen molar-refractivity contribution in [2.45, 2.75) is 22.6 Å². The highest BCUT2D eigenvalue weighted by Gasteiger charge is 2.39. The summed E-state index contributed by atoms with van der Waals surface area (Å²) in [5.41, 5.74) is 1.42. The third-order valence-corrected chi connectivity index (χ3v) is 8.46. The Morgan fingerprint density at radius 2 is 1.78 bits per heavy atom. The predicted molar refractivity (Wildman–Crippen MR) is 124 cm³/mol. The van der Waals surface area contributed by atoms with Crippen molar-refractivity contribution in [3.8, 4) is 5.75 Å². The molecule has 2 aliphatic heterocycles. The van der Waals surface area contributed by atoms with Crippen molar-refractivity contribution in [2.24, 2.45) is 11.8 Å². The van der Waals surface area contributed by atoms with Crippen molar-refractivity contribution in [3.05, 3.63) is 54.7 Å². The Morgan fingerprint density at radius 1 is 1.03 bits per heavy atom. The molecule has 0 spiro atoms. The van der Waals surface area contributed by atoms with Crippen LogP contribution in [0, 0.1) is 11.8 Å². The zero-order chi connectivity index (χ0) is 25.7. The summed E-state index contributed by atoms with van der Waals surface area (Å²) in [4.78, 5) is 18.9. The van der Waals surface area contributed by atoms with Crippen LogP contribution in [0.4, 0.5) is 23.7 Å². The largest absolute Gasteiger partial charge is 0.573 e. The summed E-state index contributed by atoms with van der Waals surface area (Å²) in [7, 11) is -4.16. The molecule has 12 heteroatoms. The van der Waals surface area contributed by atoms with Crippen molar-refractivity contribution in [3.63, 3.8) is 0 Å². The zero-order valence-corrected chi connectivity index (χ0v) is 19.7. The molecule has 0 saturated carbocycles. The van der Waals surface area contributed by atoms with E-state index in [4.69, 9.17) is 0 Å². The summed E-state index contributed by atoms with van der Waals surface area (Å²) in [6.45, 7) is 2.41. The maximum Gasteiger partial charge on any atom is 0.573 e. The van der Waals surface area contributed by atoms with E-state index in [1.807, 2.05) is 6.07 Å². The fourth-order valence-electron chi connectivity index (χ4n) is 5.04. The van der Waals surface area contributed by atoms with Gasteiger partial charge in [-0.25, -0.2) is 13.2 Å². The lowest BCUT2D eigenvalue weighted by molar-refractivity contribution is -0.274. The second-order valence-corrected chi connectivity index (χ2v) is 10.9. The van der Waals surface area contributed by atoms with Gasteiger partial charge in [-0.15, -0.1) is 13.2 Å². The van der Waals surface area contributed by atoms with Crippen LogP contribution in [0.3, 0.4) is 0 Å². The molecule has 1 amide bonds. The molecule has 3 heterocycles. The third kappa shape index (κ3) is 4.64. The Balaban J connectivity index is 1.43. The van der Waals surface area contributed by atoms with E-state index in [1.165, 1.54) is 29.3 Å². The molecule has 0 aliphatic carbocycles. The molecule has 3 aromatic rings. The minimum atomic E-state index is -4.94. The van der Waals surface area contributed by atoms with Crippen LogP contribution < -0.4 is 9.64 Å². The van der Waals surface area contributed by atoms with Crippen LogP contribution in [-0.4, -0.2) is 62.0 Å². The van der Waals surface area contributed by atoms with E-state index in [0.717, 1.165) is 30.8 Å². The minimum absolute atomic E-state index is 0.150. The summed E-state index contributed by atoms with van der Waals surface area (Å²) >= 11 is 0. The smallest absolute Gasteiger partial charge is 0.465 e. The number of aromatic nitrogens is 1. The molecular weight excluding hydrogens is 499 g/mol. The monoisotopic (exact) mass is 521 g/mol. The van der Waals surface area contributed by atoms with Gasteiger partial charge in [0.1, 0.15) is 5.75 Å². The van der Waals surface area contributed by atoms with Gasteiger partial charge in [0, 0.05) is 37.8 Å². The molecule has 0 bridgehead atoms. The number of nitrogens with zero attached hydrogens (tertiary/aromatic N) is 3. The van der Waals surface area contributed by atoms with Crippen molar-refractivity contribution in [2.75, 3.05) is 31.1 Å². The molecule has 0 radical (unpaired) electrons. The van der Waals surface area contributed by atoms with E-state index in [2.05, 4.69) is 14.6 Å². The van der Waals surface area contributed by atoms with E-state index < -0.39 is 28.0 Å². The van der Waals surface area contributed by atoms with Crippen LogP contribution in [0.2, 0.25) is 0 Å². The van der Waals surface area contributed by atoms with E-state index in [1.54, 1.807) is 12.1 Å². The number of amides is 1. The number of hydrogen-bond donors (Lipinski definition) is 1. The number of fused-ring (bicyclic) bond motifs is 2. The fourth-order valence-corrected chi connectivity index (χ4v) is 6.32. The van der Waals surface area contributed by atoms with Crippen LogP contribution in [0.15, 0.2) is 64.5 Å². The second kappa shape index (κ2) is 8.84. The van der Waals surface area contributed by atoms with Gasteiger partial charge in [-0.1, -0.05) is 18.2 Å². The first-order chi connectivity index (χ1) is 17.0. The van der Waals surface area contributed by atoms with E-state index in [-0.39, 0.29) is 15.7 Å². The Labute approximate surface area is 204 Å². The van der Waals surface area contributed by atoms with Crippen LogP contribution in [0.5, 0.6) is 5.75 Å². The van der Waals surface area contributed by atoms with Crippen LogP contribution in [0.25, 0.3) is 10.9 Å². The number of carbonyl (C=O) groups is 1. The van der Waals surface area contributed by atoms with Gasteiger partial charge < -0.3 is 19.6 Å². The van der Waals surface area contributed by atoms with Crippen molar-refractivity contribution < 1.29 is 36.2 Å². The highest BCUT2D eigenvalue weighted by molar-refractivity contribution is 7.91. The summed E-state index contributed by atoms with van der Waals surface area (Å²) in [5, 5.41) is 9.89. The number of benzene rings is 2. The normalized spacial score (nSPS) is 20.4. The number of anilines is 1. The van der Waals surface area contributed by atoms with Crippen molar-refractivity contribution >= 4 is 32.5 Å². The topological polar surface area (TPSA) is 100 Å². The van der Waals surface area contributed by atoms with E-state index in [0.29, 0.717) is 36.5 Å². The summed E-state index contributed by atoms with van der Waals surface area (Å²) in [5.74, 6) is -0.0609. The van der Waals surface area contributed by atoms with E-state index in [9.17, 15) is 31.5 Å². The molecule has 8 nitrogen and oxygen atoms in total. The predicted octanol–water partition coefficient (Wildman–Crippen LogP) is 4.40. The number of pyridine rings is 1. The molecule has 36 heavy (non-hydrogen) atoms. The summed E-state index contributed by atoms with van der Waals surface area (Å²) < 4.78 is 67.9. The lowest BCUT2D eigenvalue weighted by Gasteiger charge is -2.32. The SMILES string of the molecule is O=C(O)N1CCC2CN(c3cccc4cc(S(=O)(=O)c5cccc(OC(F)(F)F)c5)cnc34)CC2C1. The lowest BCUT2D eigenvalue weighted by atomic mass is 9.89. The fraction of sp³-hybridized carbons (Fsp3) is 0.333. The molecule has 1 aromatic heterocycles. The number of rotatable bonds is 4. The maximum atomic E-state index is 13.2. The average Bonchev–Trinajstić information content (AvgIpc) is 3.25. The van der Waals surface area contributed by atoms with Gasteiger partial charge in [-0.3, -0.25) is 4.98 Å². The molecule has 2 atom stereocenters. The molecule has 1 N–H and O–H groups in total. The number of alkyl halides is 3. The maximum absolute atomic E-state index is 13.2. The van der Waals surface area contributed by atoms with Gasteiger partial charge in [0.15, 0.2) is 0 Å². The number of hydrogen-bond acceptors (Lipinski definition) is 6. The molecule has 190 valence electrons. The highest BCUT2D eigenvalue weighted by Crippen LogP contribution is 2.37. The molecular formula is C24H22F3N3O5S. The quantitative estimate of drug-likeness (QED) is 0.543. The van der Waals surface area contributed by atoms with Crippen molar-refractivity contribution in [1.82, 2.24) is 9.88 Å². The van der Waals surface area contributed by atoms with Gasteiger partial charge >= 0.3 is 12.5 Å². The zero-order valence-electron chi connectivity index (χ0n) is 18.9. The summed E-state index contributed by atoms with van der Waals surface area (Å²) in [6, 6.07) is 11.1. The number of carboxylic acid groups (broad SMARTS) is 1. The highest BCUT2D eigenvalue weighted by atomic mass is 32.2. The first-order valence-corrected chi connectivity index (χ1v) is 12.7. The molecule has 2 unspecified atom stereocenters. The minimum Gasteiger partial charge on any atom is -0.465 e. The van der Waals surface area contributed by atoms with Gasteiger partial charge in [-0.2, -0.15) is 0 Å². The molecule has 2 aliphatic rings. The molecule has 5 rings (SSSR count). The lowest BCUT2D eigenvalue weighted by Crippen LogP contribution is -2.42. The Bertz CT molecular complexity index is 1430. The number of ether oxygens (including phenoxy) is 1. The van der Waals surface area contributed by atoms with Gasteiger partial charge in [0.05, 0.1) is 21.0 Å². The van der Waals surface area contributed by atoms with Crippen LogP contribution >= 0.6 is 0 Å². The number of sulfone groups is 1. The second-order valence-electron chi connectivity index (χ2n) is 8.99. The van der Waals surface area contributed by atoms with E-state index >= 15 is 0 Å². The first-order valence-electron chi connectivity index (χ1n) is 11.2. The average molecular weight is 522 g/mol. The van der Waals surface area contributed by atoms with Gasteiger partial charge in [0.25, 0.3) is 0 Å². The first kappa shape index (κ1) is 24.2. The third-order valence-electron chi connectivity index (χ3n) is 6.74. The molecule has 2 fully saturated rings. The Hall–Kier alpha value is -3.54. The number of piperidine rings is 1. The Morgan fingerprint density at radius 3 is 2.53 bits per heavy atom. The standard InChI is InChI=1S/C24H22F3N3O5S/c25-24(26,27)35-18-4-2-5-19(10-18)36(33,34)20-9-15-3-1-6-21(22(15)28-11-20)30-12-16-7-8-29(23(31)32)13-17(16)14-30/h1-6,9-11,16-17H,7-8,12-14H2,(H,31,32). The number of halogens is 3. The van der Waals surface area contributed by atoms with Gasteiger partial charge in [0.2, 0.25) is 9.84 Å². The molecule has 2 aromatic carbocycles. The summed E-state index contributed by atoms with van der Waals surface area (Å²) in [6.07, 6.45) is -3.87. The van der Waals surface area contributed by atoms with Gasteiger partial charge in [-0.05, 0) is 48.6 Å².